The van der Waals surface area contributed by atoms with Gasteiger partial charge in [0, 0.05) is 24.5 Å². The Morgan fingerprint density at radius 2 is 2.08 bits per heavy atom. The lowest BCUT2D eigenvalue weighted by atomic mass is 9.82. The lowest BCUT2D eigenvalue weighted by molar-refractivity contribution is 0.149. The Bertz CT molecular complexity index is 224. The van der Waals surface area contributed by atoms with Gasteiger partial charge in [-0.05, 0) is 12.8 Å². The number of nitrogens with zero attached hydrogens (tertiary/aromatic N) is 1. The van der Waals surface area contributed by atoms with Crippen molar-refractivity contribution in [1.29, 1.82) is 0 Å². The minimum atomic E-state index is -0.820. The summed E-state index contributed by atoms with van der Waals surface area (Å²) in [5, 5.41) is 8.85. The van der Waals surface area contributed by atoms with Crippen LogP contribution in [-0.4, -0.2) is 35.2 Å². The fourth-order valence-electron chi connectivity index (χ4n) is 2.75. The molecule has 1 spiro atoms. The molecule has 3 N–H and O–H groups in total. The Kier molecular flexibility index (Phi) is 1.95. The highest BCUT2D eigenvalue weighted by Crippen LogP contribution is 2.44. The van der Waals surface area contributed by atoms with Crippen LogP contribution in [0.3, 0.4) is 0 Å². The summed E-state index contributed by atoms with van der Waals surface area (Å²) in [7, 11) is 0. The topological polar surface area (TPSA) is 66.6 Å². The lowest BCUT2D eigenvalue weighted by Crippen LogP contribution is -2.38. The van der Waals surface area contributed by atoms with E-state index in [9.17, 15) is 4.79 Å². The fourth-order valence-corrected chi connectivity index (χ4v) is 2.75. The zero-order valence-corrected chi connectivity index (χ0v) is 7.70. The van der Waals surface area contributed by atoms with Crippen molar-refractivity contribution in [2.45, 2.75) is 31.7 Å². The molecule has 2 fully saturated rings. The number of hydrogen-bond donors (Lipinski definition) is 2. The van der Waals surface area contributed by atoms with Gasteiger partial charge in [-0.2, -0.15) is 0 Å². The minimum Gasteiger partial charge on any atom is -0.465 e. The molecule has 1 unspecified atom stereocenters. The third-order valence-electron chi connectivity index (χ3n) is 3.58. The summed E-state index contributed by atoms with van der Waals surface area (Å²) in [4.78, 5) is 12.2. The predicted molar refractivity (Wildman–Crippen MR) is 48.5 cm³/mol. The van der Waals surface area contributed by atoms with Crippen molar-refractivity contribution in [3.05, 3.63) is 0 Å². The molecule has 1 saturated heterocycles. The molecule has 2 rings (SSSR count). The quantitative estimate of drug-likeness (QED) is 0.587. The van der Waals surface area contributed by atoms with E-state index < -0.39 is 6.09 Å². The summed E-state index contributed by atoms with van der Waals surface area (Å²) in [5.74, 6) is 0. The molecule has 0 radical (unpaired) electrons. The van der Waals surface area contributed by atoms with E-state index in [1.54, 1.807) is 0 Å². The van der Waals surface area contributed by atoms with Crippen molar-refractivity contribution in [3.8, 4) is 0 Å². The van der Waals surface area contributed by atoms with Crippen LogP contribution in [0.2, 0.25) is 0 Å². The van der Waals surface area contributed by atoms with Crippen molar-refractivity contribution >= 4 is 6.09 Å². The summed E-state index contributed by atoms with van der Waals surface area (Å²) < 4.78 is 0. The van der Waals surface area contributed by atoms with Crippen LogP contribution in [0.5, 0.6) is 0 Å². The largest absolute Gasteiger partial charge is 0.465 e. The van der Waals surface area contributed by atoms with Crippen molar-refractivity contribution < 1.29 is 9.90 Å². The van der Waals surface area contributed by atoms with E-state index in [0.29, 0.717) is 13.1 Å². The van der Waals surface area contributed by atoms with E-state index in [1.165, 1.54) is 17.7 Å². The molecule has 0 bridgehead atoms. The van der Waals surface area contributed by atoms with Gasteiger partial charge in [0.2, 0.25) is 0 Å². The van der Waals surface area contributed by atoms with E-state index in [0.717, 1.165) is 12.8 Å². The Morgan fingerprint density at radius 1 is 1.46 bits per heavy atom. The Balaban J connectivity index is 2.11. The molecule has 4 nitrogen and oxygen atoms in total. The van der Waals surface area contributed by atoms with Crippen LogP contribution in [0.25, 0.3) is 0 Å². The molecule has 1 aliphatic carbocycles. The number of carbonyl (C=O) groups is 1. The van der Waals surface area contributed by atoms with Crippen LogP contribution in [0.1, 0.15) is 25.7 Å². The van der Waals surface area contributed by atoms with Crippen LogP contribution in [-0.2, 0) is 0 Å². The van der Waals surface area contributed by atoms with E-state index >= 15 is 0 Å². The molecular formula is C9H16N2O2. The highest BCUT2D eigenvalue weighted by atomic mass is 16.4. The average molecular weight is 184 g/mol. The van der Waals surface area contributed by atoms with Crippen molar-refractivity contribution in [1.82, 2.24) is 4.90 Å². The van der Waals surface area contributed by atoms with Crippen LogP contribution in [0.15, 0.2) is 0 Å². The first-order valence-corrected chi connectivity index (χ1v) is 4.87. The maximum Gasteiger partial charge on any atom is 0.407 e. The van der Waals surface area contributed by atoms with Gasteiger partial charge in [-0.1, -0.05) is 12.8 Å². The third-order valence-corrected chi connectivity index (χ3v) is 3.58. The van der Waals surface area contributed by atoms with Crippen LogP contribution < -0.4 is 5.73 Å². The number of carboxylic acid groups (broad SMARTS) is 1. The van der Waals surface area contributed by atoms with Gasteiger partial charge in [0.1, 0.15) is 0 Å². The number of nitrogens with two attached hydrogens (primary N) is 1. The van der Waals surface area contributed by atoms with Gasteiger partial charge in [0.25, 0.3) is 0 Å². The van der Waals surface area contributed by atoms with Gasteiger partial charge in [0.05, 0.1) is 0 Å². The molecule has 2 aliphatic rings. The molecule has 0 aromatic heterocycles. The van der Waals surface area contributed by atoms with Gasteiger partial charge >= 0.3 is 6.09 Å². The van der Waals surface area contributed by atoms with Crippen molar-refractivity contribution in [2.75, 3.05) is 13.1 Å². The summed E-state index contributed by atoms with van der Waals surface area (Å²) in [5.41, 5.74) is 6.12. The average Bonchev–Trinajstić information content (AvgIpc) is 2.63. The smallest absolute Gasteiger partial charge is 0.407 e. The summed E-state index contributed by atoms with van der Waals surface area (Å²) >= 11 is 0. The van der Waals surface area contributed by atoms with Gasteiger partial charge in [0.15, 0.2) is 0 Å². The zero-order valence-electron chi connectivity index (χ0n) is 7.70. The molecule has 1 aliphatic heterocycles. The summed E-state index contributed by atoms with van der Waals surface area (Å²) in [6.07, 6.45) is 3.82. The second-order valence-electron chi connectivity index (χ2n) is 4.34. The molecule has 74 valence electrons. The highest BCUT2D eigenvalue weighted by molar-refractivity contribution is 5.65. The predicted octanol–water partition coefficient (Wildman–Crippen LogP) is 0.868. The van der Waals surface area contributed by atoms with E-state index in [2.05, 4.69) is 0 Å². The molecule has 1 amide bonds. The maximum absolute atomic E-state index is 10.8. The van der Waals surface area contributed by atoms with E-state index in [1.807, 2.05) is 0 Å². The zero-order chi connectivity index (χ0) is 9.47. The molecule has 0 aromatic rings. The van der Waals surface area contributed by atoms with E-state index in [-0.39, 0.29) is 11.5 Å². The Labute approximate surface area is 77.7 Å². The normalized spacial score (nSPS) is 31.5. The Morgan fingerprint density at radius 3 is 2.54 bits per heavy atom. The number of hydrogen-bond acceptors (Lipinski definition) is 2. The van der Waals surface area contributed by atoms with Gasteiger partial charge < -0.3 is 15.7 Å². The van der Waals surface area contributed by atoms with Gasteiger partial charge in [-0.3, -0.25) is 0 Å². The molecule has 13 heavy (non-hydrogen) atoms. The van der Waals surface area contributed by atoms with Gasteiger partial charge in [-0.15, -0.1) is 0 Å². The van der Waals surface area contributed by atoms with Crippen LogP contribution >= 0.6 is 0 Å². The SMILES string of the molecule is NC1CN(C(=O)O)CC12CCCC2. The third kappa shape index (κ3) is 1.29. The van der Waals surface area contributed by atoms with Crippen LogP contribution in [0, 0.1) is 5.41 Å². The molecule has 1 heterocycles. The van der Waals surface area contributed by atoms with Crippen molar-refractivity contribution in [3.63, 3.8) is 0 Å². The fraction of sp³-hybridized carbons (Fsp3) is 0.889. The molecule has 1 atom stereocenters. The minimum absolute atomic E-state index is 0.0612. The second-order valence-corrected chi connectivity index (χ2v) is 4.34. The number of amides is 1. The second kappa shape index (κ2) is 2.87. The van der Waals surface area contributed by atoms with E-state index in [4.69, 9.17) is 10.8 Å². The standard InChI is InChI=1S/C9H16N2O2/c10-7-5-11(8(12)13)6-9(7)3-1-2-4-9/h7H,1-6,10H2,(H,12,13). The van der Waals surface area contributed by atoms with Crippen molar-refractivity contribution in [2.24, 2.45) is 11.1 Å². The monoisotopic (exact) mass is 184 g/mol. The lowest BCUT2D eigenvalue weighted by Gasteiger charge is -2.26. The molecule has 4 heteroatoms. The molecule has 1 saturated carbocycles. The first-order valence-electron chi connectivity index (χ1n) is 4.87. The Hall–Kier alpha value is -0.770. The van der Waals surface area contributed by atoms with Gasteiger partial charge in [-0.25, -0.2) is 4.79 Å². The maximum atomic E-state index is 10.8. The first kappa shape index (κ1) is 8.81. The van der Waals surface area contributed by atoms with Crippen LogP contribution in [0.4, 0.5) is 4.79 Å². The highest BCUT2D eigenvalue weighted by Gasteiger charge is 2.47. The number of rotatable bonds is 0. The summed E-state index contributed by atoms with van der Waals surface area (Å²) in [6.45, 7) is 1.18. The number of likely N-dealkylation sites (tertiary alicyclic amines) is 1. The molecular weight excluding hydrogens is 168 g/mol. The molecule has 0 aromatic carbocycles. The summed E-state index contributed by atoms with van der Waals surface area (Å²) in [6, 6.07) is 0.0612. The first-order chi connectivity index (χ1) is 6.14.